The van der Waals surface area contributed by atoms with E-state index in [-0.39, 0.29) is 52.3 Å². The second-order valence-electron chi connectivity index (χ2n) is 10.3. The van der Waals surface area contributed by atoms with Gasteiger partial charge in [-0.05, 0) is 52.4 Å². The number of nitrogens with zero attached hydrogens (tertiary/aromatic N) is 3. The van der Waals surface area contributed by atoms with Crippen molar-refractivity contribution in [2.75, 3.05) is 11.9 Å². The number of pyridine rings is 1. The molecule has 0 aliphatic heterocycles. The first-order valence-corrected chi connectivity index (χ1v) is 12.9. The zero-order chi connectivity index (χ0) is 27.5. The van der Waals surface area contributed by atoms with E-state index in [0.717, 1.165) is 12.8 Å². The summed E-state index contributed by atoms with van der Waals surface area (Å²) in [5, 5.41) is 31.2. The van der Waals surface area contributed by atoms with Crippen LogP contribution in [-0.2, 0) is 6.54 Å². The van der Waals surface area contributed by atoms with Crippen molar-refractivity contribution < 1.29 is 28.5 Å². The van der Waals surface area contributed by atoms with Gasteiger partial charge in [0.2, 0.25) is 0 Å². The standard InChI is InChI=1S/C25H36ClF2N5O4/c1-6-24(4,5)31-18-11-16(37-23(27)28)15(12-29-18)21-19(26)20(32-33(21)7-2)22(35)30-13-25(36)9-8-14(3)10-17(25)34/h11-12,14,17,23,34,36H,6-10,13H2,1-5H3,(H,29,31)(H,30,35)/t14-,17-,25-/m0/s1. The second kappa shape index (κ2) is 11.5. The quantitative estimate of drug-likeness (QED) is 0.349. The Labute approximate surface area is 220 Å². The molecule has 1 amide bonds. The Bertz CT molecular complexity index is 1110. The maximum Gasteiger partial charge on any atom is 0.387 e. The molecule has 0 saturated heterocycles. The van der Waals surface area contributed by atoms with Gasteiger partial charge in [0.25, 0.3) is 5.91 Å². The number of rotatable bonds is 10. The van der Waals surface area contributed by atoms with Gasteiger partial charge in [0.1, 0.15) is 17.2 Å². The van der Waals surface area contributed by atoms with E-state index in [1.165, 1.54) is 16.9 Å². The molecule has 206 valence electrons. The molecule has 3 rings (SSSR count). The van der Waals surface area contributed by atoms with E-state index in [2.05, 4.69) is 20.7 Å². The Balaban J connectivity index is 1.93. The molecule has 0 aromatic carbocycles. The number of halogens is 3. The lowest BCUT2D eigenvalue weighted by molar-refractivity contribution is -0.106. The Kier molecular flexibility index (Phi) is 9.02. The van der Waals surface area contributed by atoms with Gasteiger partial charge >= 0.3 is 6.61 Å². The van der Waals surface area contributed by atoms with Crippen LogP contribution in [0.25, 0.3) is 11.3 Å². The molecule has 37 heavy (non-hydrogen) atoms. The summed E-state index contributed by atoms with van der Waals surface area (Å²) >= 11 is 6.58. The molecule has 1 aliphatic carbocycles. The maximum atomic E-state index is 13.3. The van der Waals surface area contributed by atoms with E-state index in [1.807, 2.05) is 27.7 Å². The van der Waals surface area contributed by atoms with Crippen molar-refractivity contribution in [1.82, 2.24) is 20.1 Å². The summed E-state index contributed by atoms with van der Waals surface area (Å²) in [6.07, 6.45) is 2.64. The van der Waals surface area contributed by atoms with E-state index < -0.39 is 24.2 Å². The molecule has 2 aromatic rings. The normalized spacial score (nSPS) is 22.2. The van der Waals surface area contributed by atoms with E-state index in [9.17, 15) is 23.8 Å². The van der Waals surface area contributed by atoms with Crippen molar-refractivity contribution in [2.24, 2.45) is 5.92 Å². The van der Waals surface area contributed by atoms with Crippen molar-refractivity contribution in [2.45, 2.75) is 90.7 Å². The number of carbonyl (C=O) groups excluding carboxylic acids is 1. The van der Waals surface area contributed by atoms with Crippen LogP contribution in [0.3, 0.4) is 0 Å². The minimum atomic E-state index is -3.10. The Hall–Kier alpha value is -2.50. The van der Waals surface area contributed by atoms with Crippen LogP contribution in [0.2, 0.25) is 5.02 Å². The lowest BCUT2D eigenvalue weighted by atomic mass is 9.77. The van der Waals surface area contributed by atoms with Gasteiger partial charge in [-0.2, -0.15) is 13.9 Å². The number of alkyl halides is 2. The van der Waals surface area contributed by atoms with Crippen molar-refractivity contribution in [3.05, 3.63) is 23.0 Å². The van der Waals surface area contributed by atoms with Crippen LogP contribution >= 0.6 is 11.6 Å². The van der Waals surface area contributed by atoms with E-state index in [0.29, 0.717) is 18.7 Å². The molecule has 1 fully saturated rings. The average molecular weight is 544 g/mol. The van der Waals surface area contributed by atoms with Gasteiger partial charge in [-0.25, -0.2) is 4.98 Å². The van der Waals surface area contributed by atoms with Crippen LogP contribution in [-0.4, -0.2) is 61.3 Å². The van der Waals surface area contributed by atoms with Crippen LogP contribution in [0.15, 0.2) is 12.3 Å². The minimum absolute atomic E-state index is 0.0698. The molecular weight excluding hydrogens is 508 g/mol. The zero-order valence-corrected chi connectivity index (χ0v) is 22.6. The number of aliphatic hydroxyl groups excluding tert-OH is 1. The number of hydrogen-bond acceptors (Lipinski definition) is 7. The number of ether oxygens (including phenoxy) is 1. The molecule has 2 aromatic heterocycles. The summed E-state index contributed by atoms with van der Waals surface area (Å²) in [6, 6.07) is 1.36. The van der Waals surface area contributed by atoms with Gasteiger partial charge in [0.15, 0.2) is 5.69 Å². The fourth-order valence-electron chi connectivity index (χ4n) is 4.29. The maximum absolute atomic E-state index is 13.3. The van der Waals surface area contributed by atoms with Gasteiger partial charge in [0.05, 0.1) is 22.4 Å². The van der Waals surface area contributed by atoms with Crippen molar-refractivity contribution >= 4 is 23.3 Å². The first-order chi connectivity index (χ1) is 17.3. The number of aromatic nitrogens is 3. The summed E-state index contributed by atoms with van der Waals surface area (Å²) in [4.78, 5) is 17.4. The highest BCUT2D eigenvalue weighted by atomic mass is 35.5. The first kappa shape index (κ1) is 29.1. The molecule has 2 heterocycles. The van der Waals surface area contributed by atoms with Crippen molar-refractivity contribution in [1.29, 1.82) is 0 Å². The van der Waals surface area contributed by atoms with Gasteiger partial charge in [-0.15, -0.1) is 0 Å². The predicted molar refractivity (Wildman–Crippen MR) is 137 cm³/mol. The topological polar surface area (TPSA) is 122 Å². The van der Waals surface area contributed by atoms with Crippen LogP contribution in [0, 0.1) is 5.92 Å². The summed E-state index contributed by atoms with van der Waals surface area (Å²) in [7, 11) is 0. The molecule has 3 atom stereocenters. The van der Waals surface area contributed by atoms with Crippen LogP contribution in [0.5, 0.6) is 5.75 Å². The molecule has 9 nitrogen and oxygen atoms in total. The number of aryl methyl sites for hydroxylation is 1. The summed E-state index contributed by atoms with van der Waals surface area (Å²) in [6.45, 7) is 6.64. The Morgan fingerprint density at radius 1 is 1.41 bits per heavy atom. The minimum Gasteiger partial charge on any atom is -0.434 e. The number of amides is 1. The second-order valence-corrected chi connectivity index (χ2v) is 10.7. The molecule has 0 unspecified atom stereocenters. The fraction of sp³-hybridized carbons (Fsp3) is 0.640. The number of nitrogens with one attached hydrogen (secondary N) is 2. The molecule has 1 saturated carbocycles. The largest absolute Gasteiger partial charge is 0.434 e. The molecule has 4 N–H and O–H groups in total. The highest BCUT2D eigenvalue weighted by Crippen LogP contribution is 2.39. The molecule has 0 spiro atoms. The number of anilines is 1. The zero-order valence-electron chi connectivity index (χ0n) is 21.8. The third kappa shape index (κ3) is 6.69. The van der Waals surface area contributed by atoms with Gasteiger partial charge in [0, 0.05) is 30.9 Å². The third-order valence-corrected chi connectivity index (χ3v) is 7.33. The SMILES string of the molecule is CCn1nc(C(=O)NC[C@@]2(O)CC[C@H](C)C[C@@H]2O)c(Cl)c1-c1cnc(NC(C)(C)CC)cc1OC(F)F. The monoisotopic (exact) mass is 543 g/mol. The smallest absolute Gasteiger partial charge is 0.387 e. The number of aliphatic hydroxyl groups is 2. The summed E-state index contributed by atoms with van der Waals surface area (Å²) < 4.78 is 32.8. The molecule has 1 aliphatic rings. The number of hydrogen-bond donors (Lipinski definition) is 4. The van der Waals surface area contributed by atoms with Crippen LogP contribution in [0.4, 0.5) is 14.6 Å². The molecular formula is C25H36ClF2N5O4. The molecule has 0 bridgehead atoms. The van der Waals surface area contributed by atoms with Crippen molar-refractivity contribution in [3.63, 3.8) is 0 Å². The third-order valence-electron chi connectivity index (χ3n) is 6.97. The highest BCUT2D eigenvalue weighted by Gasteiger charge is 2.40. The van der Waals surface area contributed by atoms with Crippen LogP contribution in [0.1, 0.15) is 70.8 Å². The highest BCUT2D eigenvalue weighted by molar-refractivity contribution is 6.36. The first-order valence-electron chi connectivity index (χ1n) is 12.5. The summed E-state index contributed by atoms with van der Waals surface area (Å²) in [5.74, 6) is -0.214. The Morgan fingerprint density at radius 2 is 2.11 bits per heavy atom. The van der Waals surface area contributed by atoms with Gasteiger partial charge in [-0.1, -0.05) is 25.4 Å². The molecule has 0 radical (unpaired) electrons. The van der Waals surface area contributed by atoms with Crippen LogP contribution < -0.4 is 15.4 Å². The fourth-order valence-corrected chi connectivity index (χ4v) is 4.61. The summed E-state index contributed by atoms with van der Waals surface area (Å²) in [5.41, 5.74) is -1.59. The predicted octanol–water partition coefficient (Wildman–Crippen LogP) is 4.46. The Morgan fingerprint density at radius 3 is 2.70 bits per heavy atom. The van der Waals surface area contributed by atoms with Crippen molar-refractivity contribution in [3.8, 4) is 17.0 Å². The van der Waals surface area contributed by atoms with Gasteiger partial charge < -0.3 is 25.6 Å². The lowest BCUT2D eigenvalue weighted by Gasteiger charge is -2.39. The van der Waals surface area contributed by atoms with E-state index in [4.69, 9.17) is 16.3 Å². The number of carbonyl (C=O) groups is 1. The van der Waals surface area contributed by atoms with E-state index >= 15 is 0 Å². The van der Waals surface area contributed by atoms with E-state index in [1.54, 1.807) is 6.92 Å². The average Bonchev–Trinajstić information content (AvgIpc) is 3.16. The van der Waals surface area contributed by atoms with Gasteiger partial charge in [-0.3, -0.25) is 9.48 Å². The molecule has 12 heteroatoms. The lowest BCUT2D eigenvalue weighted by Crippen LogP contribution is -2.54.